The fraction of sp³-hybridized carbons (Fsp3) is 0.786. The Morgan fingerprint density at radius 1 is 1.27 bits per heavy atom. The minimum absolute atomic E-state index is 0.831. The fourth-order valence-electron chi connectivity index (χ4n) is 1.49. The summed E-state index contributed by atoms with van der Waals surface area (Å²) in [4.78, 5) is 4.29. The fourth-order valence-corrected chi connectivity index (χ4v) is 1.49. The first kappa shape index (κ1) is 14.4. The highest BCUT2D eigenvalue weighted by Crippen LogP contribution is 2.07. The van der Waals surface area contributed by atoms with E-state index in [2.05, 4.69) is 37.9 Å². The molecule has 0 aliphatic heterocycles. The van der Waals surface area contributed by atoms with Gasteiger partial charge < -0.3 is 0 Å². The van der Waals surface area contributed by atoms with Gasteiger partial charge in [-0.15, -0.1) is 0 Å². The second kappa shape index (κ2) is 9.95. The van der Waals surface area contributed by atoms with E-state index in [1.807, 2.05) is 7.05 Å². The van der Waals surface area contributed by atoms with Gasteiger partial charge >= 0.3 is 0 Å². The lowest BCUT2D eigenvalue weighted by Crippen LogP contribution is -1.93. The molecule has 0 aliphatic carbocycles. The third-order valence-electron chi connectivity index (χ3n) is 2.54. The Kier molecular flexibility index (Phi) is 9.55. The van der Waals surface area contributed by atoms with Crippen LogP contribution in [0.3, 0.4) is 0 Å². The molecule has 0 aliphatic rings. The maximum absolute atomic E-state index is 4.29. The molecular weight excluding hydrogens is 182 g/mol. The molecule has 1 nitrogen and oxygen atoms in total. The van der Waals surface area contributed by atoms with E-state index in [-0.39, 0.29) is 0 Å². The minimum atomic E-state index is 0.831. The third-order valence-corrected chi connectivity index (χ3v) is 2.54. The highest BCUT2D eigenvalue weighted by atomic mass is 14.7. The van der Waals surface area contributed by atoms with Crippen molar-refractivity contribution in [3.63, 3.8) is 0 Å². The minimum Gasteiger partial charge on any atom is -0.293 e. The van der Waals surface area contributed by atoms with E-state index in [4.69, 9.17) is 0 Å². The highest BCUT2D eigenvalue weighted by Gasteiger charge is 1.93. The Bertz CT molecular complexity index is 190. The average Bonchev–Trinajstić information content (AvgIpc) is 2.21. The van der Waals surface area contributed by atoms with Gasteiger partial charge in [-0.1, -0.05) is 39.7 Å². The van der Waals surface area contributed by atoms with Crippen LogP contribution in [-0.2, 0) is 0 Å². The van der Waals surface area contributed by atoms with Crippen molar-refractivity contribution in [3.8, 4) is 0 Å². The van der Waals surface area contributed by atoms with Crippen LogP contribution in [0.5, 0.6) is 0 Å². The molecular formula is C14H27N. The summed E-state index contributed by atoms with van der Waals surface area (Å²) in [6, 6.07) is 0. The lowest BCUT2D eigenvalue weighted by molar-refractivity contribution is 0.560. The van der Waals surface area contributed by atoms with Gasteiger partial charge in [0.2, 0.25) is 0 Å². The van der Waals surface area contributed by atoms with E-state index in [9.17, 15) is 0 Å². The largest absolute Gasteiger partial charge is 0.293 e. The quantitative estimate of drug-likeness (QED) is 0.408. The summed E-state index contributed by atoms with van der Waals surface area (Å²) < 4.78 is 0. The molecule has 0 aromatic heterocycles. The zero-order chi connectivity index (χ0) is 11.5. The molecule has 1 heteroatoms. The van der Waals surface area contributed by atoms with E-state index in [0.29, 0.717) is 0 Å². The molecule has 0 aromatic carbocycles. The second-order valence-corrected chi connectivity index (χ2v) is 4.55. The normalized spacial score (nSPS) is 13.0. The first-order chi connectivity index (χ1) is 7.20. The van der Waals surface area contributed by atoms with Crippen molar-refractivity contribution in [2.45, 2.75) is 59.3 Å². The van der Waals surface area contributed by atoms with Crippen molar-refractivity contribution >= 4 is 5.71 Å². The molecule has 0 bridgehead atoms. The highest BCUT2D eigenvalue weighted by molar-refractivity contribution is 5.94. The van der Waals surface area contributed by atoms with Crippen molar-refractivity contribution in [3.05, 3.63) is 12.2 Å². The Morgan fingerprint density at radius 2 is 2.00 bits per heavy atom. The second-order valence-electron chi connectivity index (χ2n) is 4.55. The van der Waals surface area contributed by atoms with E-state index in [1.54, 1.807) is 0 Å². The summed E-state index contributed by atoms with van der Waals surface area (Å²) in [5.74, 6) is 0.831. The maximum atomic E-state index is 4.29. The van der Waals surface area contributed by atoms with Crippen LogP contribution in [-0.4, -0.2) is 12.8 Å². The summed E-state index contributed by atoms with van der Waals surface area (Å²) in [6.07, 6.45) is 12.0. The van der Waals surface area contributed by atoms with Crippen molar-refractivity contribution < 1.29 is 0 Å². The van der Waals surface area contributed by atoms with Crippen LogP contribution in [0.1, 0.15) is 59.3 Å². The van der Waals surface area contributed by atoms with Gasteiger partial charge in [0.15, 0.2) is 0 Å². The molecule has 0 fully saturated rings. The predicted octanol–water partition coefficient (Wildman–Crippen LogP) is 4.63. The molecule has 0 aromatic rings. The summed E-state index contributed by atoms with van der Waals surface area (Å²) in [5, 5.41) is 0. The predicted molar refractivity (Wildman–Crippen MR) is 70.7 cm³/mol. The number of unbranched alkanes of at least 4 members (excludes halogenated alkanes) is 2. The van der Waals surface area contributed by atoms with Crippen molar-refractivity contribution in [1.29, 1.82) is 0 Å². The zero-order valence-corrected chi connectivity index (χ0v) is 10.9. The Morgan fingerprint density at radius 3 is 2.53 bits per heavy atom. The number of hydrogen-bond acceptors (Lipinski definition) is 1. The lowest BCUT2D eigenvalue weighted by Gasteiger charge is -2.01. The van der Waals surface area contributed by atoms with Crippen molar-refractivity contribution in [2.75, 3.05) is 7.05 Å². The molecule has 0 unspecified atom stereocenters. The molecule has 0 amide bonds. The molecule has 15 heavy (non-hydrogen) atoms. The number of rotatable bonds is 8. The SMILES string of the molecule is CCCCC(/C=C/CCCC(C)C)=NC. The standard InChI is InChI=1S/C14H27N/c1-5-6-11-14(15-4)12-9-7-8-10-13(2)3/h9,12-13H,5-8,10-11H2,1-4H3/b12-9+,15-14?. The van der Waals surface area contributed by atoms with Gasteiger partial charge in [-0.2, -0.15) is 0 Å². The van der Waals surface area contributed by atoms with Gasteiger partial charge in [-0.25, -0.2) is 0 Å². The van der Waals surface area contributed by atoms with Gasteiger partial charge in [-0.05, 0) is 37.7 Å². The number of nitrogens with zero attached hydrogens (tertiary/aromatic N) is 1. The number of hydrogen-bond donors (Lipinski definition) is 0. The Hall–Kier alpha value is -0.590. The summed E-state index contributed by atoms with van der Waals surface area (Å²) in [7, 11) is 1.89. The Labute approximate surface area is 95.7 Å². The van der Waals surface area contributed by atoms with Gasteiger partial charge in [0.1, 0.15) is 0 Å². The summed E-state index contributed by atoms with van der Waals surface area (Å²) in [5.41, 5.74) is 1.25. The molecule has 0 rings (SSSR count). The van der Waals surface area contributed by atoms with Gasteiger partial charge in [-0.3, -0.25) is 4.99 Å². The topological polar surface area (TPSA) is 12.4 Å². The van der Waals surface area contributed by atoms with Crippen LogP contribution in [0.2, 0.25) is 0 Å². The maximum Gasteiger partial charge on any atom is 0.0341 e. The molecule has 0 saturated heterocycles. The average molecular weight is 209 g/mol. The first-order valence-electron chi connectivity index (χ1n) is 6.32. The smallest absolute Gasteiger partial charge is 0.0341 e. The van der Waals surface area contributed by atoms with Crippen LogP contribution in [0.15, 0.2) is 17.1 Å². The number of aliphatic imine (C=N–C) groups is 1. The lowest BCUT2D eigenvalue weighted by atomic mass is 10.1. The summed E-state index contributed by atoms with van der Waals surface area (Å²) >= 11 is 0. The molecule has 0 heterocycles. The van der Waals surface area contributed by atoms with Crippen LogP contribution >= 0.6 is 0 Å². The molecule has 88 valence electrons. The van der Waals surface area contributed by atoms with Gasteiger partial charge in [0, 0.05) is 12.8 Å². The first-order valence-corrected chi connectivity index (χ1v) is 6.32. The number of allylic oxidation sites excluding steroid dienone is 2. The van der Waals surface area contributed by atoms with Gasteiger partial charge in [0.25, 0.3) is 0 Å². The van der Waals surface area contributed by atoms with Crippen molar-refractivity contribution in [1.82, 2.24) is 0 Å². The molecule has 0 atom stereocenters. The van der Waals surface area contributed by atoms with Crippen LogP contribution in [0.4, 0.5) is 0 Å². The third kappa shape index (κ3) is 9.71. The molecule has 0 N–H and O–H groups in total. The van der Waals surface area contributed by atoms with E-state index in [0.717, 1.165) is 12.3 Å². The molecule has 0 spiro atoms. The molecule has 0 saturated carbocycles. The van der Waals surface area contributed by atoms with Crippen LogP contribution in [0, 0.1) is 5.92 Å². The van der Waals surface area contributed by atoms with Gasteiger partial charge in [0.05, 0.1) is 0 Å². The van der Waals surface area contributed by atoms with E-state index < -0.39 is 0 Å². The monoisotopic (exact) mass is 209 g/mol. The Balaban J connectivity index is 3.63. The summed E-state index contributed by atoms with van der Waals surface area (Å²) in [6.45, 7) is 6.79. The van der Waals surface area contributed by atoms with Crippen LogP contribution < -0.4 is 0 Å². The zero-order valence-electron chi connectivity index (χ0n) is 10.9. The van der Waals surface area contributed by atoms with E-state index in [1.165, 1.54) is 37.8 Å². The van der Waals surface area contributed by atoms with E-state index >= 15 is 0 Å². The van der Waals surface area contributed by atoms with Crippen molar-refractivity contribution in [2.24, 2.45) is 10.9 Å². The van der Waals surface area contributed by atoms with Crippen LogP contribution in [0.25, 0.3) is 0 Å². The molecule has 0 radical (unpaired) electrons.